The lowest BCUT2D eigenvalue weighted by Gasteiger charge is -2.11. The average Bonchev–Trinajstić information content (AvgIpc) is 2.37. The Morgan fingerprint density at radius 1 is 1.21 bits per heavy atom. The lowest BCUT2D eigenvalue weighted by molar-refractivity contribution is 0.101. The van der Waals surface area contributed by atoms with E-state index in [2.05, 4.69) is 0 Å². The summed E-state index contributed by atoms with van der Waals surface area (Å²) in [6.07, 6.45) is 0. The number of carbonyl (C=O) groups is 1. The number of ketones is 1. The Bertz CT molecular complexity index is 605. The van der Waals surface area contributed by atoms with Crippen molar-refractivity contribution < 1.29 is 13.9 Å². The minimum absolute atomic E-state index is 0.139. The molecule has 2 aromatic carbocycles. The maximum atomic E-state index is 13.2. The molecular weight excluding hydrogens is 243 g/mol. The standard InChI is InChI=1S/C16H15FO2/c1-11-5-3-4-6-13(11)10-19-16-9-14(17)7-8-15(16)12(2)18/h3-9H,10H2,1-2H3. The van der Waals surface area contributed by atoms with Crippen molar-refractivity contribution in [3.63, 3.8) is 0 Å². The number of hydrogen-bond donors (Lipinski definition) is 0. The van der Waals surface area contributed by atoms with E-state index in [-0.39, 0.29) is 11.5 Å². The fourth-order valence-electron chi connectivity index (χ4n) is 1.83. The predicted octanol–water partition coefficient (Wildman–Crippen LogP) is 3.92. The van der Waals surface area contributed by atoms with Crippen LogP contribution in [-0.4, -0.2) is 5.78 Å². The second kappa shape index (κ2) is 5.65. The van der Waals surface area contributed by atoms with E-state index in [4.69, 9.17) is 4.74 Å². The first-order chi connectivity index (χ1) is 9.08. The minimum Gasteiger partial charge on any atom is -0.488 e. The summed E-state index contributed by atoms with van der Waals surface area (Å²) in [6.45, 7) is 3.74. The highest BCUT2D eigenvalue weighted by Gasteiger charge is 2.10. The van der Waals surface area contributed by atoms with Gasteiger partial charge in [0.25, 0.3) is 0 Å². The van der Waals surface area contributed by atoms with Crippen LogP contribution in [0.5, 0.6) is 5.75 Å². The van der Waals surface area contributed by atoms with Gasteiger partial charge in [-0.15, -0.1) is 0 Å². The summed E-state index contributed by atoms with van der Waals surface area (Å²) in [4.78, 5) is 11.5. The fourth-order valence-corrected chi connectivity index (χ4v) is 1.83. The molecule has 0 atom stereocenters. The van der Waals surface area contributed by atoms with Crippen LogP contribution in [0.4, 0.5) is 4.39 Å². The van der Waals surface area contributed by atoms with E-state index in [0.717, 1.165) is 11.1 Å². The van der Waals surface area contributed by atoms with Crippen LogP contribution < -0.4 is 4.74 Å². The molecule has 0 radical (unpaired) electrons. The molecule has 2 rings (SSSR count). The molecule has 0 aliphatic rings. The van der Waals surface area contributed by atoms with Gasteiger partial charge in [0.2, 0.25) is 0 Å². The van der Waals surface area contributed by atoms with Crippen LogP contribution in [0, 0.1) is 12.7 Å². The van der Waals surface area contributed by atoms with Gasteiger partial charge in [0.05, 0.1) is 5.56 Å². The van der Waals surface area contributed by atoms with Crippen molar-refractivity contribution in [3.05, 3.63) is 65.0 Å². The average molecular weight is 258 g/mol. The van der Waals surface area contributed by atoms with Gasteiger partial charge in [-0.2, -0.15) is 0 Å². The molecular formula is C16H15FO2. The zero-order valence-corrected chi connectivity index (χ0v) is 10.9. The van der Waals surface area contributed by atoms with Crippen molar-refractivity contribution in [1.29, 1.82) is 0 Å². The molecule has 0 N–H and O–H groups in total. The molecule has 0 saturated carbocycles. The fraction of sp³-hybridized carbons (Fsp3) is 0.188. The first kappa shape index (κ1) is 13.3. The largest absolute Gasteiger partial charge is 0.488 e. The highest BCUT2D eigenvalue weighted by Crippen LogP contribution is 2.22. The number of rotatable bonds is 4. The number of benzene rings is 2. The molecule has 0 aliphatic heterocycles. The Balaban J connectivity index is 2.22. The van der Waals surface area contributed by atoms with Gasteiger partial charge in [0, 0.05) is 6.07 Å². The topological polar surface area (TPSA) is 26.3 Å². The number of ether oxygens (including phenoxy) is 1. The second-order valence-electron chi connectivity index (χ2n) is 4.41. The molecule has 0 fully saturated rings. The molecule has 0 bridgehead atoms. The molecule has 0 aromatic heterocycles. The highest BCUT2D eigenvalue weighted by atomic mass is 19.1. The van der Waals surface area contributed by atoms with Gasteiger partial charge in [-0.3, -0.25) is 4.79 Å². The summed E-state index contributed by atoms with van der Waals surface area (Å²) in [5, 5.41) is 0. The lowest BCUT2D eigenvalue weighted by atomic mass is 10.1. The predicted molar refractivity (Wildman–Crippen MR) is 71.9 cm³/mol. The Kier molecular flexibility index (Phi) is 3.95. The molecule has 0 saturated heterocycles. The number of halogens is 1. The van der Waals surface area contributed by atoms with Crippen LogP contribution in [0.1, 0.15) is 28.4 Å². The molecule has 0 spiro atoms. The molecule has 2 nitrogen and oxygen atoms in total. The van der Waals surface area contributed by atoms with Gasteiger partial charge in [0.1, 0.15) is 18.2 Å². The van der Waals surface area contributed by atoms with Gasteiger partial charge in [-0.25, -0.2) is 4.39 Å². The Hall–Kier alpha value is -2.16. The molecule has 98 valence electrons. The molecule has 19 heavy (non-hydrogen) atoms. The van der Waals surface area contributed by atoms with Crippen molar-refractivity contribution in [2.24, 2.45) is 0 Å². The van der Waals surface area contributed by atoms with Crippen molar-refractivity contribution >= 4 is 5.78 Å². The zero-order valence-electron chi connectivity index (χ0n) is 10.9. The summed E-state index contributed by atoms with van der Waals surface area (Å²) in [5.74, 6) is -0.264. The van der Waals surface area contributed by atoms with Crippen molar-refractivity contribution in [1.82, 2.24) is 0 Å². The first-order valence-corrected chi connectivity index (χ1v) is 6.05. The molecule has 0 unspecified atom stereocenters. The summed E-state index contributed by atoms with van der Waals surface area (Å²) in [5.41, 5.74) is 2.51. The van der Waals surface area contributed by atoms with E-state index >= 15 is 0 Å². The maximum Gasteiger partial charge on any atom is 0.163 e. The maximum absolute atomic E-state index is 13.2. The van der Waals surface area contributed by atoms with Crippen LogP contribution >= 0.6 is 0 Å². The summed E-state index contributed by atoms with van der Waals surface area (Å²) in [7, 11) is 0. The molecule has 2 aromatic rings. The van der Waals surface area contributed by atoms with Crippen LogP contribution in [0.25, 0.3) is 0 Å². The van der Waals surface area contributed by atoms with E-state index in [1.807, 2.05) is 31.2 Å². The van der Waals surface area contributed by atoms with E-state index in [1.54, 1.807) is 0 Å². The normalized spacial score (nSPS) is 10.3. The van der Waals surface area contributed by atoms with Crippen LogP contribution in [-0.2, 0) is 6.61 Å². The SMILES string of the molecule is CC(=O)c1ccc(F)cc1OCc1ccccc1C. The Labute approximate surface area is 111 Å². The van der Waals surface area contributed by atoms with Gasteiger partial charge < -0.3 is 4.74 Å². The lowest BCUT2D eigenvalue weighted by Crippen LogP contribution is -2.03. The summed E-state index contributed by atoms with van der Waals surface area (Å²) in [6, 6.07) is 11.8. The third-order valence-corrected chi connectivity index (χ3v) is 2.97. The number of Topliss-reactive ketones (excluding diaryl/α,β-unsaturated/α-hetero) is 1. The van der Waals surface area contributed by atoms with Crippen molar-refractivity contribution in [3.8, 4) is 5.75 Å². The molecule has 0 amide bonds. The number of carbonyl (C=O) groups excluding carboxylic acids is 1. The highest BCUT2D eigenvalue weighted by molar-refractivity contribution is 5.96. The summed E-state index contributed by atoms with van der Waals surface area (Å²) >= 11 is 0. The molecule has 0 heterocycles. The minimum atomic E-state index is -0.412. The van der Waals surface area contributed by atoms with Crippen molar-refractivity contribution in [2.45, 2.75) is 20.5 Å². The monoisotopic (exact) mass is 258 g/mol. The van der Waals surface area contributed by atoms with E-state index in [1.165, 1.54) is 25.1 Å². The van der Waals surface area contributed by atoms with Crippen molar-refractivity contribution in [2.75, 3.05) is 0 Å². The van der Waals surface area contributed by atoms with E-state index in [0.29, 0.717) is 12.2 Å². The Morgan fingerprint density at radius 3 is 2.63 bits per heavy atom. The number of hydrogen-bond acceptors (Lipinski definition) is 2. The third kappa shape index (κ3) is 3.19. The zero-order chi connectivity index (χ0) is 13.8. The van der Waals surface area contributed by atoms with Crippen LogP contribution in [0.15, 0.2) is 42.5 Å². The first-order valence-electron chi connectivity index (χ1n) is 6.05. The van der Waals surface area contributed by atoms with Gasteiger partial charge in [0.15, 0.2) is 5.78 Å². The summed E-state index contributed by atoms with van der Waals surface area (Å²) < 4.78 is 18.8. The van der Waals surface area contributed by atoms with Gasteiger partial charge in [-0.05, 0) is 37.1 Å². The smallest absolute Gasteiger partial charge is 0.163 e. The Morgan fingerprint density at radius 2 is 1.95 bits per heavy atom. The van der Waals surface area contributed by atoms with Crippen LogP contribution in [0.3, 0.4) is 0 Å². The van der Waals surface area contributed by atoms with Gasteiger partial charge >= 0.3 is 0 Å². The van der Waals surface area contributed by atoms with Gasteiger partial charge in [-0.1, -0.05) is 24.3 Å². The van der Waals surface area contributed by atoms with Crippen LogP contribution in [0.2, 0.25) is 0 Å². The quantitative estimate of drug-likeness (QED) is 0.777. The molecule has 3 heteroatoms. The number of aryl methyl sites for hydroxylation is 1. The second-order valence-corrected chi connectivity index (χ2v) is 4.41. The molecule has 0 aliphatic carbocycles. The van der Waals surface area contributed by atoms with E-state index < -0.39 is 5.82 Å². The third-order valence-electron chi connectivity index (χ3n) is 2.97. The van der Waals surface area contributed by atoms with E-state index in [9.17, 15) is 9.18 Å².